The Labute approximate surface area is 144 Å². The monoisotopic (exact) mass is 345 g/mol. The van der Waals surface area contributed by atoms with E-state index in [2.05, 4.69) is 17.4 Å². The standard InChI is InChI=1S/C18H19NO2S2/c20-17(15-11-14(15)16-6-2-7-21-16)19-13-5-1-4-12(10-13)18-22-8-3-9-23-18/h1-2,4-7,10,14-15,18H,3,8-9,11H2,(H,19,20). The average Bonchev–Trinajstić information content (AvgIpc) is 3.22. The van der Waals surface area contributed by atoms with Crippen molar-refractivity contribution in [2.75, 3.05) is 16.8 Å². The Kier molecular flexibility index (Phi) is 4.40. The third-order valence-electron chi connectivity index (χ3n) is 4.29. The van der Waals surface area contributed by atoms with Crippen LogP contribution in [0, 0.1) is 5.92 Å². The average molecular weight is 345 g/mol. The first-order chi connectivity index (χ1) is 11.3. The summed E-state index contributed by atoms with van der Waals surface area (Å²) in [6.07, 6.45) is 3.84. The quantitative estimate of drug-likeness (QED) is 0.856. The molecule has 120 valence electrons. The highest BCUT2D eigenvalue weighted by Gasteiger charge is 2.45. The van der Waals surface area contributed by atoms with Crippen molar-refractivity contribution in [3.63, 3.8) is 0 Å². The fourth-order valence-electron chi connectivity index (χ4n) is 2.98. The molecule has 2 aliphatic rings. The molecule has 23 heavy (non-hydrogen) atoms. The van der Waals surface area contributed by atoms with Crippen LogP contribution in [0.1, 0.15) is 34.7 Å². The second-order valence-corrected chi connectivity index (χ2v) is 8.73. The Morgan fingerprint density at radius 1 is 1.17 bits per heavy atom. The van der Waals surface area contributed by atoms with E-state index >= 15 is 0 Å². The van der Waals surface area contributed by atoms with Gasteiger partial charge in [-0.3, -0.25) is 4.79 Å². The van der Waals surface area contributed by atoms with Gasteiger partial charge in [-0.05, 0) is 54.2 Å². The lowest BCUT2D eigenvalue weighted by molar-refractivity contribution is -0.117. The molecule has 1 amide bonds. The van der Waals surface area contributed by atoms with Crippen LogP contribution in [0.5, 0.6) is 0 Å². The highest BCUT2D eigenvalue weighted by atomic mass is 32.2. The zero-order valence-electron chi connectivity index (χ0n) is 12.7. The summed E-state index contributed by atoms with van der Waals surface area (Å²) in [7, 11) is 0. The topological polar surface area (TPSA) is 42.2 Å². The molecular formula is C18H19NO2S2. The number of rotatable bonds is 4. The van der Waals surface area contributed by atoms with Crippen LogP contribution in [0.4, 0.5) is 5.69 Å². The Morgan fingerprint density at radius 2 is 2.04 bits per heavy atom. The first-order valence-electron chi connectivity index (χ1n) is 7.99. The fourth-order valence-corrected chi connectivity index (χ4v) is 5.85. The van der Waals surface area contributed by atoms with Gasteiger partial charge in [0.1, 0.15) is 5.76 Å². The van der Waals surface area contributed by atoms with E-state index in [4.69, 9.17) is 4.42 Å². The maximum Gasteiger partial charge on any atom is 0.228 e. The van der Waals surface area contributed by atoms with Gasteiger partial charge < -0.3 is 9.73 Å². The largest absolute Gasteiger partial charge is 0.469 e. The van der Waals surface area contributed by atoms with Crippen molar-refractivity contribution in [1.82, 2.24) is 0 Å². The molecule has 1 aliphatic carbocycles. The molecule has 3 nitrogen and oxygen atoms in total. The van der Waals surface area contributed by atoms with Crippen LogP contribution in [0.2, 0.25) is 0 Å². The van der Waals surface area contributed by atoms with Gasteiger partial charge in [-0.1, -0.05) is 12.1 Å². The zero-order valence-corrected chi connectivity index (χ0v) is 14.4. The molecule has 1 aromatic carbocycles. The Morgan fingerprint density at radius 3 is 2.83 bits per heavy atom. The molecule has 1 N–H and O–H groups in total. The van der Waals surface area contributed by atoms with Crippen LogP contribution >= 0.6 is 23.5 Å². The van der Waals surface area contributed by atoms with E-state index in [1.165, 1.54) is 23.5 Å². The second-order valence-electron chi connectivity index (χ2n) is 6.01. The predicted molar refractivity (Wildman–Crippen MR) is 96.9 cm³/mol. The molecular weight excluding hydrogens is 326 g/mol. The maximum absolute atomic E-state index is 12.4. The number of anilines is 1. The summed E-state index contributed by atoms with van der Waals surface area (Å²) in [6, 6.07) is 12.1. The number of nitrogens with one attached hydrogen (secondary N) is 1. The van der Waals surface area contributed by atoms with Crippen molar-refractivity contribution in [2.24, 2.45) is 5.92 Å². The summed E-state index contributed by atoms with van der Waals surface area (Å²) in [5, 5.41) is 3.08. The van der Waals surface area contributed by atoms with Crippen LogP contribution in [0.25, 0.3) is 0 Å². The number of hydrogen-bond donors (Lipinski definition) is 1. The number of benzene rings is 1. The molecule has 2 atom stereocenters. The lowest BCUT2D eigenvalue weighted by Crippen LogP contribution is -2.14. The van der Waals surface area contributed by atoms with Gasteiger partial charge in [0.25, 0.3) is 0 Å². The van der Waals surface area contributed by atoms with Crippen LogP contribution in [0.3, 0.4) is 0 Å². The number of thioether (sulfide) groups is 2. The van der Waals surface area contributed by atoms with Gasteiger partial charge in [-0.25, -0.2) is 0 Å². The van der Waals surface area contributed by atoms with Crippen LogP contribution in [-0.2, 0) is 4.79 Å². The molecule has 1 saturated carbocycles. The minimum absolute atomic E-state index is 0.0447. The highest BCUT2D eigenvalue weighted by molar-refractivity contribution is 8.16. The summed E-state index contributed by atoms with van der Waals surface area (Å²) in [5.41, 5.74) is 2.21. The van der Waals surface area contributed by atoms with Crippen molar-refractivity contribution in [3.05, 3.63) is 54.0 Å². The lowest BCUT2D eigenvalue weighted by Gasteiger charge is -2.21. The Bertz CT molecular complexity index is 680. The van der Waals surface area contributed by atoms with Crippen LogP contribution < -0.4 is 5.32 Å². The molecule has 1 saturated heterocycles. The molecule has 2 aromatic rings. The van der Waals surface area contributed by atoms with E-state index in [0.717, 1.165) is 17.9 Å². The first kappa shape index (κ1) is 15.2. The van der Waals surface area contributed by atoms with Gasteiger partial charge >= 0.3 is 0 Å². The summed E-state index contributed by atoms with van der Waals surface area (Å²) < 4.78 is 5.90. The second kappa shape index (κ2) is 6.65. The maximum atomic E-state index is 12.4. The summed E-state index contributed by atoms with van der Waals surface area (Å²) in [6.45, 7) is 0. The first-order valence-corrected chi connectivity index (χ1v) is 10.1. The molecule has 2 unspecified atom stereocenters. The SMILES string of the molecule is O=C(Nc1cccc(C2SCCCS2)c1)C1CC1c1ccco1. The van der Waals surface area contributed by atoms with Crippen molar-refractivity contribution in [3.8, 4) is 0 Å². The molecule has 2 heterocycles. The molecule has 1 aliphatic heterocycles. The number of carbonyl (C=O) groups is 1. The van der Waals surface area contributed by atoms with Gasteiger partial charge in [-0.2, -0.15) is 0 Å². The smallest absolute Gasteiger partial charge is 0.228 e. The Hall–Kier alpha value is -1.33. The zero-order chi connectivity index (χ0) is 15.6. The summed E-state index contributed by atoms with van der Waals surface area (Å²) in [5.74, 6) is 3.77. The summed E-state index contributed by atoms with van der Waals surface area (Å²) >= 11 is 4.00. The third-order valence-corrected chi connectivity index (χ3v) is 7.30. The number of furan rings is 1. The van der Waals surface area contributed by atoms with Crippen molar-refractivity contribution < 1.29 is 9.21 Å². The molecule has 0 radical (unpaired) electrons. The molecule has 0 bridgehead atoms. The van der Waals surface area contributed by atoms with Crippen LogP contribution in [-0.4, -0.2) is 17.4 Å². The molecule has 2 fully saturated rings. The summed E-state index contributed by atoms with van der Waals surface area (Å²) in [4.78, 5) is 12.4. The minimum Gasteiger partial charge on any atom is -0.469 e. The third kappa shape index (κ3) is 3.45. The van der Waals surface area contributed by atoms with E-state index < -0.39 is 0 Å². The molecule has 5 heteroatoms. The fraction of sp³-hybridized carbons (Fsp3) is 0.389. The number of carbonyl (C=O) groups excluding carboxylic acids is 1. The van der Waals surface area contributed by atoms with E-state index in [0.29, 0.717) is 4.58 Å². The van der Waals surface area contributed by atoms with E-state index in [9.17, 15) is 4.79 Å². The van der Waals surface area contributed by atoms with Gasteiger partial charge in [-0.15, -0.1) is 23.5 Å². The van der Waals surface area contributed by atoms with Gasteiger partial charge in [0.15, 0.2) is 0 Å². The van der Waals surface area contributed by atoms with Gasteiger partial charge in [0, 0.05) is 17.5 Å². The highest BCUT2D eigenvalue weighted by Crippen LogP contribution is 2.48. The lowest BCUT2D eigenvalue weighted by atomic mass is 10.2. The number of hydrogen-bond acceptors (Lipinski definition) is 4. The molecule has 1 aromatic heterocycles. The van der Waals surface area contributed by atoms with Crippen molar-refractivity contribution in [2.45, 2.75) is 23.3 Å². The minimum atomic E-state index is 0.0447. The predicted octanol–water partition coefficient (Wildman–Crippen LogP) is 4.89. The molecule has 0 spiro atoms. The van der Waals surface area contributed by atoms with E-state index in [1.807, 2.05) is 47.8 Å². The number of amides is 1. The Balaban J connectivity index is 1.40. The van der Waals surface area contributed by atoms with Gasteiger partial charge in [0.2, 0.25) is 5.91 Å². The van der Waals surface area contributed by atoms with Crippen molar-refractivity contribution in [1.29, 1.82) is 0 Å². The van der Waals surface area contributed by atoms with Crippen molar-refractivity contribution >= 4 is 35.1 Å². The van der Waals surface area contributed by atoms with Crippen LogP contribution in [0.15, 0.2) is 47.1 Å². The van der Waals surface area contributed by atoms with E-state index in [1.54, 1.807) is 6.26 Å². The normalized spacial score (nSPS) is 24.3. The van der Waals surface area contributed by atoms with Gasteiger partial charge in [0.05, 0.1) is 10.8 Å². The molecule has 4 rings (SSSR count). The van der Waals surface area contributed by atoms with E-state index in [-0.39, 0.29) is 17.7 Å².